The highest BCUT2D eigenvalue weighted by Crippen LogP contribution is 2.34. The molecule has 3 aromatic rings. The number of hydrogen-bond acceptors (Lipinski definition) is 5. The maximum atomic E-state index is 13.1. The molecule has 0 radical (unpaired) electrons. The van der Waals surface area contributed by atoms with Gasteiger partial charge in [0.15, 0.2) is 11.5 Å². The molecular weight excluding hydrogens is 392 g/mol. The number of methoxy groups -OCH3 is 3. The van der Waals surface area contributed by atoms with E-state index in [9.17, 15) is 4.79 Å². The number of carbonyl (C=O) groups is 1. The summed E-state index contributed by atoms with van der Waals surface area (Å²) in [6.07, 6.45) is 0. The fourth-order valence-electron chi connectivity index (χ4n) is 3.30. The van der Waals surface area contributed by atoms with Crippen molar-refractivity contribution < 1.29 is 19.0 Å². The Balaban J connectivity index is 1.84. The van der Waals surface area contributed by atoms with Crippen LogP contribution in [0.5, 0.6) is 17.2 Å². The minimum absolute atomic E-state index is 0.144. The third-order valence-corrected chi connectivity index (χ3v) is 5.00. The Bertz CT molecular complexity index is 1000. The molecule has 0 aliphatic heterocycles. The number of benzene rings is 3. The molecule has 0 unspecified atom stereocenters. The van der Waals surface area contributed by atoms with Crippen LogP contribution >= 0.6 is 0 Å². The van der Waals surface area contributed by atoms with Gasteiger partial charge in [-0.3, -0.25) is 10.1 Å². The largest absolute Gasteiger partial charge is 0.496 e. The molecule has 3 aromatic carbocycles. The molecule has 0 aliphatic carbocycles. The Labute approximate surface area is 183 Å². The van der Waals surface area contributed by atoms with Gasteiger partial charge in [-0.1, -0.05) is 48.0 Å². The van der Waals surface area contributed by atoms with E-state index >= 15 is 0 Å². The van der Waals surface area contributed by atoms with E-state index in [1.54, 1.807) is 27.4 Å². The molecule has 0 fully saturated rings. The summed E-state index contributed by atoms with van der Waals surface area (Å²) in [5, 5.41) is 6.35. The molecule has 0 aromatic heterocycles. The first-order valence-corrected chi connectivity index (χ1v) is 10.0. The summed E-state index contributed by atoms with van der Waals surface area (Å²) in [5.74, 6) is 1.69. The molecule has 0 spiro atoms. The van der Waals surface area contributed by atoms with Gasteiger partial charge < -0.3 is 19.5 Å². The number of carbonyl (C=O) groups excluding carboxylic acids is 1. The van der Waals surface area contributed by atoms with Crippen molar-refractivity contribution in [1.82, 2.24) is 5.32 Å². The van der Waals surface area contributed by atoms with Gasteiger partial charge in [0.05, 0.1) is 21.3 Å². The summed E-state index contributed by atoms with van der Waals surface area (Å²) in [6, 6.07) is 20.4. The molecule has 2 N–H and O–H groups in total. The minimum atomic E-state index is -0.555. The Hall–Kier alpha value is -3.51. The second-order valence-electron chi connectivity index (χ2n) is 7.10. The molecule has 0 bridgehead atoms. The lowest BCUT2D eigenvalue weighted by atomic mass is 10.0. The first-order valence-electron chi connectivity index (χ1n) is 10.0. The van der Waals surface area contributed by atoms with E-state index in [1.165, 1.54) is 0 Å². The number of ether oxygens (including phenoxy) is 3. The van der Waals surface area contributed by atoms with Crippen LogP contribution in [0.2, 0.25) is 0 Å². The Morgan fingerprint density at radius 2 is 1.45 bits per heavy atom. The molecule has 0 aliphatic rings. The molecular formula is C25H28N2O4. The molecule has 162 valence electrons. The van der Waals surface area contributed by atoms with Crippen molar-refractivity contribution in [1.29, 1.82) is 0 Å². The first kappa shape index (κ1) is 22.2. The van der Waals surface area contributed by atoms with Gasteiger partial charge >= 0.3 is 0 Å². The quantitative estimate of drug-likeness (QED) is 0.534. The van der Waals surface area contributed by atoms with Gasteiger partial charge in [0.1, 0.15) is 11.8 Å². The highest BCUT2D eigenvalue weighted by molar-refractivity contribution is 5.95. The zero-order valence-electron chi connectivity index (χ0n) is 18.3. The lowest BCUT2D eigenvalue weighted by Gasteiger charge is -2.21. The fraction of sp³-hybridized carbons (Fsp3) is 0.240. The zero-order valence-corrected chi connectivity index (χ0v) is 18.3. The van der Waals surface area contributed by atoms with Crippen molar-refractivity contribution in [2.45, 2.75) is 19.5 Å². The number of hydrogen-bond donors (Lipinski definition) is 2. The van der Waals surface area contributed by atoms with E-state index in [1.807, 2.05) is 67.6 Å². The van der Waals surface area contributed by atoms with Crippen molar-refractivity contribution in [3.8, 4) is 17.2 Å². The smallest absolute Gasteiger partial charge is 0.246 e. The number of amides is 1. The predicted molar refractivity (Wildman–Crippen MR) is 122 cm³/mol. The summed E-state index contributed by atoms with van der Waals surface area (Å²) < 4.78 is 16.3. The summed E-state index contributed by atoms with van der Waals surface area (Å²) in [5.41, 5.74) is 3.61. The van der Waals surface area contributed by atoms with Crippen LogP contribution in [0.25, 0.3) is 0 Å². The molecule has 1 atom stereocenters. The topological polar surface area (TPSA) is 68.8 Å². The SMILES string of the molecule is COc1cc(OC)c(OC)cc1CN[C@H](C(=O)Nc1ccc(C)cc1)c1ccccc1. The fourth-order valence-corrected chi connectivity index (χ4v) is 3.30. The average molecular weight is 421 g/mol. The van der Waals surface area contributed by atoms with Gasteiger partial charge in [-0.05, 0) is 30.7 Å². The van der Waals surface area contributed by atoms with Crippen molar-refractivity contribution in [2.75, 3.05) is 26.6 Å². The normalized spacial score (nSPS) is 11.5. The van der Waals surface area contributed by atoms with E-state index in [-0.39, 0.29) is 5.91 Å². The minimum Gasteiger partial charge on any atom is -0.496 e. The first-order chi connectivity index (χ1) is 15.0. The van der Waals surface area contributed by atoms with E-state index in [0.29, 0.717) is 23.8 Å². The third kappa shape index (κ3) is 5.55. The molecule has 1 amide bonds. The molecule has 0 saturated heterocycles. The standard InChI is InChI=1S/C25H28N2O4/c1-17-10-12-20(13-11-17)27-25(28)24(18-8-6-5-7-9-18)26-16-19-14-22(30-3)23(31-4)15-21(19)29-2/h5-15,24,26H,16H2,1-4H3,(H,27,28)/t24-/m0/s1. The number of aryl methyl sites for hydroxylation is 1. The average Bonchev–Trinajstić information content (AvgIpc) is 2.80. The highest BCUT2D eigenvalue weighted by atomic mass is 16.5. The Morgan fingerprint density at radius 1 is 0.839 bits per heavy atom. The van der Waals surface area contributed by atoms with Crippen LogP contribution in [-0.2, 0) is 11.3 Å². The number of nitrogens with one attached hydrogen (secondary N) is 2. The van der Waals surface area contributed by atoms with Gasteiger partial charge in [-0.2, -0.15) is 0 Å². The number of rotatable bonds is 9. The highest BCUT2D eigenvalue weighted by Gasteiger charge is 2.21. The molecule has 6 heteroatoms. The van der Waals surface area contributed by atoms with Crippen LogP contribution in [-0.4, -0.2) is 27.2 Å². The molecule has 0 saturated carbocycles. The second kappa shape index (κ2) is 10.5. The monoisotopic (exact) mass is 420 g/mol. The van der Waals surface area contributed by atoms with Gasteiger partial charge in [-0.15, -0.1) is 0 Å². The predicted octanol–water partition coefficient (Wildman–Crippen LogP) is 4.49. The lowest BCUT2D eigenvalue weighted by molar-refractivity contribution is -0.118. The van der Waals surface area contributed by atoms with Crippen LogP contribution < -0.4 is 24.8 Å². The van der Waals surface area contributed by atoms with Gasteiger partial charge in [-0.25, -0.2) is 0 Å². The van der Waals surface area contributed by atoms with E-state index in [4.69, 9.17) is 14.2 Å². The summed E-state index contributed by atoms with van der Waals surface area (Å²) >= 11 is 0. The van der Waals surface area contributed by atoms with Crippen molar-refractivity contribution in [3.63, 3.8) is 0 Å². The Morgan fingerprint density at radius 3 is 2.06 bits per heavy atom. The van der Waals surface area contributed by atoms with E-state index in [0.717, 1.165) is 22.4 Å². The summed E-state index contributed by atoms with van der Waals surface area (Å²) in [7, 11) is 4.77. The molecule has 3 rings (SSSR count). The van der Waals surface area contributed by atoms with E-state index < -0.39 is 6.04 Å². The van der Waals surface area contributed by atoms with Gasteiger partial charge in [0.2, 0.25) is 5.91 Å². The Kier molecular flexibility index (Phi) is 7.51. The molecule has 0 heterocycles. The van der Waals surface area contributed by atoms with Crippen LogP contribution in [0.1, 0.15) is 22.7 Å². The lowest BCUT2D eigenvalue weighted by Crippen LogP contribution is -2.32. The van der Waals surface area contributed by atoms with E-state index in [2.05, 4.69) is 10.6 Å². The molecule has 31 heavy (non-hydrogen) atoms. The van der Waals surface area contributed by atoms with Crippen LogP contribution in [0.3, 0.4) is 0 Å². The van der Waals surface area contributed by atoms with Crippen molar-refractivity contribution >= 4 is 11.6 Å². The number of anilines is 1. The third-order valence-electron chi connectivity index (χ3n) is 5.00. The summed E-state index contributed by atoms with van der Waals surface area (Å²) in [6.45, 7) is 2.40. The zero-order chi connectivity index (χ0) is 22.2. The van der Waals surface area contributed by atoms with Gasteiger partial charge in [0, 0.05) is 23.9 Å². The maximum Gasteiger partial charge on any atom is 0.246 e. The van der Waals surface area contributed by atoms with Crippen molar-refractivity contribution in [2.24, 2.45) is 0 Å². The van der Waals surface area contributed by atoms with Crippen LogP contribution in [0, 0.1) is 6.92 Å². The maximum absolute atomic E-state index is 13.1. The van der Waals surface area contributed by atoms with Gasteiger partial charge in [0.25, 0.3) is 0 Å². The molecule has 6 nitrogen and oxygen atoms in total. The van der Waals surface area contributed by atoms with Crippen molar-refractivity contribution in [3.05, 3.63) is 83.4 Å². The van der Waals surface area contributed by atoms with Crippen LogP contribution in [0.15, 0.2) is 66.7 Å². The summed E-state index contributed by atoms with van der Waals surface area (Å²) in [4.78, 5) is 13.1. The van der Waals surface area contributed by atoms with Crippen LogP contribution in [0.4, 0.5) is 5.69 Å². The second-order valence-corrected chi connectivity index (χ2v) is 7.10.